The number of anilines is 2. The van der Waals surface area contributed by atoms with Crippen LogP contribution in [0.5, 0.6) is 0 Å². The van der Waals surface area contributed by atoms with Crippen LogP contribution in [0.15, 0.2) is 54.9 Å². The summed E-state index contributed by atoms with van der Waals surface area (Å²) in [5, 5.41) is 14.5. The minimum absolute atomic E-state index is 0.122. The van der Waals surface area contributed by atoms with E-state index in [0.29, 0.717) is 30.4 Å². The second-order valence-corrected chi connectivity index (χ2v) is 10.4. The molecule has 40 heavy (non-hydrogen) atoms. The SMILES string of the molecule is CC(C)(C)OC(=O)N1CCC(c2cccc(C#Cc3cc(NC(=O)Nc4cc(F)ncc4CO)ccn3)c2)CC1. The van der Waals surface area contributed by atoms with Gasteiger partial charge in [-0.15, -0.1) is 0 Å². The molecule has 0 saturated carbocycles. The number of carbonyl (C=O) groups is 2. The molecule has 3 aromatic rings. The molecule has 208 valence electrons. The molecular formula is C30H32FN5O4. The molecule has 0 atom stereocenters. The van der Waals surface area contributed by atoms with Crippen molar-refractivity contribution in [2.75, 3.05) is 23.7 Å². The molecule has 1 fully saturated rings. The molecule has 0 spiro atoms. The predicted octanol–water partition coefficient (Wildman–Crippen LogP) is 5.27. The number of likely N-dealkylation sites (tertiary alicyclic amines) is 1. The van der Waals surface area contributed by atoms with E-state index >= 15 is 0 Å². The zero-order chi connectivity index (χ0) is 28.7. The summed E-state index contributed by atoms with van der Waals surface area (Å²) in [4.78, 5) is 34.3. The Balaban J connectivity index is 1.37. The van der Waals surface area contributed by atoms with Crippen LogP contribution >= 0.6 is 0 Å². The van der Waals surface area contributed by atoms with Crippen LogP contribution in [-0.2, 0) is 11.3 Å². The molecule has 0 radical (unpaired) electrons. The number of benzene rings is 1. The van der Waals surface area contributed by atoms with Crippen LogP contribution in [-0.4, -0.2) is 50.8 Å². The van der Waals surface area contributed by atoms with Crippen molar-refractivity contribution in [1.82, 2.24) is 14.9 Å². The summed E-state index contributed by atoms with van der Waals surface area (Å²) >= 11 is 0. The number of urea groups is 1. The third-order valence-corrected chi connectivity index (χ3v) is 6.23. The van der Waals surface area contributed by atoms with Gasteiger partial charge in [0.2, 0.25) is 5.95 Å². The highest BCUT2D eigenvalue weighted by Crippen LogP contribution is 2.29. The monoisotopic (exact) mass is 545 g/mol. The molecule has 10 heteroatoms. The number of aliphatic hydroxyl groups is 1. The molecule has 0 unspecified atom stereocenters. The van der Waals surface area contributed by atoms with Crippen LogP contribution in [0, 0.1) is 17.8 Å². The van der Waals surface area contributed by atoms with Gasteiger partial charge in [-0.05, 0) is 75.3 Å². The topological polar surface area (TPSA) is 117 Å². The average Bonchev–Trinajstić information content (AvgIpc) is 2.91. The van der Waals surface area contributed by atoms with Gasteiger partial charge in [0.15, 0.2) is 0 Å². The molecule has 3 N–H and O–H groups in total. The highest BCUT2D eigenvalue weighted by molar-refractivity contribution is 6.00. The van der Waals surface area contributed by atoms with Gasteiger partial charge in [0.1, 0.15) is 11.3 Å². The zero-order valence-electron chi connectivity index (χ0n) is 22.7. The Morgan fingerprint density at radius 3 is 2.60 bits per heavy atom. The van der Waals surface area contributed by atoms with Crippen molar-refractivity contribution in [3.8, 4) is 11.8 Å². The summed E-state index contributed by atoms with van der Waals surface area (Å²) in [6.45, 7) is 6.49. The van der Waals surface area contributed by atoms with Gasteiger partial charge in [-0.1, -0.05) is 18.1 Å². The molecule has 2 aromatic heterocycles. The molecular weight excluding hydrogens is 513 g/mol. The number of hydrogen-bond acceptors (Lipinski definition) is 6. The Morgan fingerprint density at radius 2 is 1.88 bits per heavy atom. The number of rotatable bonds is 4. The fourth-order valence-corrected chi connectivity index (χ4v) is 4.29. The number of nitrogens with zero attached hydrogens (tertiary/aromatic N) is 3. The number of aliphatic hydroxyl groups excluding tert-OH is 1. The van der Waals surface area contributed by atoms with Crippen LogP contribution in [0.4, 0.5) is 25.4 Å². The maximum atomic E-state index is 13.5. The lowest BCUT2D eigenvalue weighted by atomic mass is 9.89. The first-order valence-corrected chi connectivity index (χ1v) is 13.0. The number of pyridine rings is 2. The van der Waals surface area contributed by atoms with E-state index in [0.717, 1.165) is 30.7 Å². The molecule has 1 aliphatic rings. The molecule has 1 saturated heterocycles. The van der Waals surface area contributed by atoms with Crippen LogP contribution in [0.25, 0.3) is 0 Å². The molecule has 0 bridgehead atoms. The van der Waals surface area contributed by atoms with Crippen molar-refractivity contribution in [2.45, 2.75) is 51.7 Å². The number of piperidine rings is 1. The quantitative estimate of drug-likeness (QED) is 0.304. The zero-order valence-corrected chi connectivity index (χ0v) is 22.7. The highest BCUT2D eigenvalue weighted by atomic mass is 19.1. The Morgan fingerprint density at radius 1 is 1.10 bits per heavy atom. The maximum Gasteiger partial charge on any atom is 0.410 e. The van der Waals surface area contributed by atoms with Crippen molar-refractivity contribution < 1.29 is 23.8 Å². The van der Waals surface area contributed by atoms with Crippen molar-refractivity contribution in [2.24, 2.45) is 0 Å². The summed E-state index contributed by atoms with van der Waals surface area (Å²) in [5.41, 5.74) is 2.81. The second-order valence-electron chi connectivity index (χ2n) is 10.4. The van der Waals surface area contributed by atoms with E-state index in [1.54, 1.807) is 17.0 Å². The number of hydrogen-bond donors (Lipinski definition) is 3. The smallest absolute Gasteiger partial charge is 0.410 e. The Kier molecular flexibility index (Phi) is 8.97. The normalized spacial score (nSPS) is 13.7. The lowest BCUT2D eigenvalue weighted by molar-refractivity contribution is 0.0205. The predicted molar refractivity (Wildman–Crippen MR) is 149 cm³/mol. The van der Waals surface area contributed by atoms with Gasteiger partial charge < -0.3 is 25.4 Å². The van der Waals surface area contributed by atoms with Crippen LogP contribution in [0.2, 0.25) is 0 Å². The van der Waals surface area contributed by atoms with Crippen LogP contribution in [0.3, 0.4) is 0 Å². The molecule has 1 aromatic carbocycles. The minimum atomic E-state index is -0.774. The first kappa shape index (κ1) is 28.5. The number of amides is 3. The summed E-state index contributed by atoms with van der Waals surface area (Å²) in [5.74, 6) is 5.71. The Hall–Kier alpha value is -4.49. The summed E-state index contributed by atoms with van der Waals surface area (Å²) in [7, 11) is 0. The van der Waals surface area contributed by atoms with Gasteiger partial charge >= 0.3 is 12.1 Å². The van der Waals surface area contributed by atoms with E-state index in [9.17, 15) is 19.1 Å². The number of carbonyl (C=O) groups excluding carboxylic acids is 2. The van der Waals surface area contributed by atoms with Crippen LogP contribution < -0.4 is 10.6 Å². The number of halogens is 1. The van der Waals surface area contributed by atoms with E-state index in [4.69, 9.17) is 4.74 Å². The van der Waals surface area contributed by atoms with E-state index in [1.807, 2.05) is 32.9 Å². The van der Waals surface area contributed by atoms with Crippen LogP contribution in [0.1, 0.15) is 61.9 Å². The highest BCUT2D eigenvalue weighted by Gasteiger charge is 2.27. The standard InChI is InChI=1S/C30H32FN5O4/c1-30(2,3)40-29(39)36-13-10-21(11-14-36)22-6-4-5-20(15-22)7-8-24-16-25(9-12-32-24)34-28(38)35-26-17-27(31)33-18-23(26)19-37/h4-6,9,12,15-18,21,37H,10-11,13-14,19H2,1-3H3,(H2,32,33,34,35,38). The molecule has 3 amide bonds. The first-order chi connectivity index (χ1) is 19.1. The van der Waals surface area contributed by atoms with Gasteiger partial charge in [0.25, 0.3) is 0 Å². The third-order valence-electron chi connectivity index (χ3n) is 6.23. The molecule has 1 aliphatic heterocycles. The van der Waals surface area contributed by atoms with Gasteiger partial charge in [0, 0.05) is 48.4 Å². The number of nitrogens with one attached hydrogen (secondary N) is 2. The number of aromatic nitrogens is 2. The summed E-state index contributed by atoms with van der Waals surface area (Å²) in [6, 6.07) is 11.7. The molecule has 3 heterocycles. The average molecular weight is 546 g/mol. The van der Waals surface area contributed by atoms with Gasteiger partial charge in [-0.25, -0.2) is 19.6 Å². The van der Waals surface area contributed by atoms with Gasteiger partial charge in [-0.2, -0.15) is 4.39 Å². The number of ether oxygens (including phenoxy) is 1. The Labute approximate surface area is 232 Å². The lowest BCUT2D eigenvalue weighted by Crippen LogP contribution is -2.41. The maximum absolute atomic E-state index is 13.5. The van der Waals surface area contributed by atoms with E-state index in [2.05, 4.69) is 44.6 Å². The molecule has 9 nitrogen and oxygen atoms in total. The van der Waals surface area contributed by atoms with Crippen molar-refractivity contribution in [3.05, 3.63) is 83.2 Å². The summed E-state index contributed by atoms with van der Waals surface area (Å²) < 4.78 is 18.9. The fraction of sp³-hybridized carbons (Fsp3) is 0.333. The largest absolute Gasteiger partial charge is 0.444 e. The van der Waals surface area contributed by atoms with Crippen molar-refractivity contribution in [1.29, 1.82) is 0 Å². The van der Waals surface area contributed by atoms with E-state index in [1.165, 1.54) is 11.8 Å². The van der Waals surface area contributed by atoms with Gasteiger partial charge in [-0.3, -0.25) is 0 Å². The first-order valence-electron chi connectivity index (χ1n) is 13.0. The Bertz CT molecular complexity index is 1440. The van der Waals surface area contributed by atoms with Gasteiger partial charge in [0.05, 0.1) is 12.3 Å². The molecule has 4 rings (SSSR count). The van der Waals surface area contributed by atoms with E-state index in [-0.39, 0.29) is 17.3 Å². The molecule has 0 aliphatic carbocycles. The summed E-state index contributed by atoms with van der Waals surface area (Å²) in [6.07, 6.45) is 4.11. The van der Waals surface area contributed by atoms with Crippen molar-refractivity contribution >= 4 is 23.5 Å². The lowest BCUT2D eigenvalue weighted by Gasteiger charge is -2.33. The van der Waals surface area contributed by atoms with Crippen molar-refractivity contribution in [3.63, 3.8) is 0 Å². The minimum Gasteiger partial charge on any atom is -0.444 e. The third kappa shape index (κ3) is 8.01. The van der Waals surface area contributed by atoms with E-state index < -0.39 is 24.2 Å². The second kappa shape index (κ2) is 12.6. The fourth-order valence-electron chi connectivity index (χ4n) is 4.29.